The van der Waals surface area contributed by atoms with E-state index < -0.39 is 5.97 Å². The Kier molecular flexibility index (Phi) is 4.61. The topological polar surface area (TPSA) is 66.4 Å². The summed E-state index contributed by atoms with van der Waals surface area (Å²) in [7, 11) is 0. The van der Waals surface area contributed by atoms with E-state index in [1.165, 1.54) is 25.7 Å². The Labute approximate surface area is 108 Å². The second-order valence-electron chi connectivity index (χ2n) is 5.84. The highest BCUT2D eigenvalue weighted by molar-refractivity contribution is 5.76. The highest BCUT2D eigenvalue weighted by atomic mass is 16.4. The van der Waals surface area contributed by atoms with Crippen molar-refractivity contribution in [2.75, 3.05) is 6.54 Å². The number of hydrogen-bond donors (Lipinski definition) is 2. The lowest BCUT2D eigenvalue weighted by Crippen LogP contribution is -2.28. The number of fused-ring (bicyclic) bond motifs is 2. The third-order valence-corrected chi connectivity index (χ3v) is 4.47. The summed E-state index contributed by atoms with van der Waals surface area (Å²) < 4.78 is 0. The first kappa shape index (κ1) is 13.4. The van der Waals surface area contributed by atoms with Gasteiger partial charge in [0.1, 0.15) is 0 Å². The number of amides is 1. The van der Waals surface area contributed by atoms with E-state index in [2.05, 4.69) is 5.32 Å². The average molecular weight is 253 g/mol. The fourth-order valence-electron chi connectivity index (χ4n) is 3.57. The quantitative estimate of drug-likeness (QED) is 0.683. The third kappa shape index (κ3) is 3.72. The van der Waals surface area contributed by atoms with Crippen molar-refractivity contribution < 1.29 is 14.7 Å². The van der Waals surface area contributed by atoms with E-state index in [1.807, 2.05) is 0 Å². The predicted octanol–water partition coefficient (Wildman–Crippen LogP) is 2.18. The lowest BCUT2D eigenvalue weighted by molar-refractivity contribution is -0.137. The zero-order valence-corrected chi connectivity index (χ0v) is 10.9. The first-order valence-corrected chi connectivity index (χ1v) is 7.13. The van der Waals surface area contributed by atoms with Crippen LogP contribution >= 0.6 is 0 Å². The number of aliphatic carboxylic acids is 1. The summed E-state index contributed by atoms with van der Waals surface area (Å²) in [6.07, 6.45) is 7.56. The minimum atomic E-state index is -0.761. The number of rotatable bonds is 7. The maximum Gasteiger partial charge on any atom is 0.303 e. The van der Waals surface area contributed by atoms with Gasteiger partial charge in [-0.05, 0) is 49.9 Å². The lowest BCUT2D eigenvalue weighted by atomic mass is 9.86. The molecule has 0 heterocycles. The van der Waals surface area contributed by atoms with E-state index in [4.69, 9.17) is 5.11 Å². The van der Waals surface area contributed by atoms with E-state index in [1.54, 1.807) is 0 Å². The number of carbonyl (C=O) groups excluding carboxylic acids is 1. The van der Waals surface area contributed by atoms with Crippen LogP contribution in [0.3, 0.4) is 0 Å². The number of unbranched alkanes of at least 4 members (excludes halogenated alkanes) is 1. The SMILES string of the molecule is O=C(O)CCCCNC(=O)CC1CC2CCC1C2. The Morgan fingerprint density at radius 1 is 1.17 bits per heavy atom. The summed E-state index contributed by atoms with van der Waals surface area (Å²) in [6.45, 7) is 0.618. The van der Waals surface area contributed by atoms with Crippen molar-refractivity contribution in [1.82, 2.24) is 5.32 Å². The monoisotopic (exact) mass is 253 g/mol. The molecule has 102 valence electrons. The van der Waals surface area contributed by atoms with Crippen molar-refractivity contribution >= 4 is 11.9 Å². The molecule has 2 N–H and O–H groups in total. The molecule has 0 radical (unpaired) electrons. The molecular weight excluding hydrogens is 230 g/mol. The van der Waals surface area contributed by atoms with E-state index in [-0.39, 0.29) is 12.3 Å². The second-order valence-corrected chi connectivity index (χ2v) is 5.84. The maximum absolute atomic E-state index is 11.7. The van der Waals surface area contributed by atoms with Crippen LogP contribution in [0.15, 0.2) is 0 Å². The normalized spacial score (nSPS) is 29.4. The highest BCUT2D eigenvalue weighted by Gasteiger charge is 2.39. The summed E-state index contributed by atoms with van der Waals surface area (Å²) >= 11 is 0. The molecule has 3 unspecified atom stereocenters. The molecular formula is C14H23NO3. The number of hydrogen-bond acceptors (Lipinski definition) is 2. The Balaban J connectivity index is 1.54. The van der Waals surface area contributed by atoms with Crippen LogP contribution in [0.2, 0.25) is 0 Å². The van der Waals surface area contributed by atoms with Crippen LogP contribution in [0, 0.1) is 17.8 Å². The van der Waals surface area contributed by atoms with Crippen LogP contribution in [-0.4, -0.2) is 23.5 Å². The molecule has 0 aromatic rings. The standard InChI is InChI=1S/C14H23NO3/c16-13(15-6-2-1-3-14(17)18)9-12-8-10-4-5-11(12)7-10/h10-12H,1-9H2,(H,15,16)(H,17,18). The Morgan fingerprint density at radius 3 is 2.61 bits per heavy atom. The third-order valence-electron chi connectivity index (χ3n) is 4.47. The molecule has 2 bridgehead atoms. The number of nitrogens with one attached hydrogen (secondary N) is 1. The van der Waals surface area contributed by atoms with Crippen molar-refractivity contribution in [2.24, 2.45) is 17.8 Å². The molecule has 4 heteroatoms. The van der Waals surface area contributed by atoms with Gasteiger partial charge >= 0.3 is 5.97 Å². The fraction of sp³-hybridized carbons (Fsp3) is 0.857. The van der Waals surface area contributed by atoms with Crippen LogP contribution in [-0.2, 0) is 9.59 Å². The van der Waals surface area contributed by atoms with E-state index in [9.17, 15) is 9.59 Å². The molecule has 3 atom stereocenters. The van der Waals surface area contributed by atoms with E-state index >= 15 is 0 Å². The molecule has 2 saturated carbocycles. The van der Waals surface area contributed by atoms with Crippen LogP contribution in [0.25, 0.3) is 0 Å². The molecule has 2 rings (SSSR count). The van der Waals surface area contributed by atoms with Gasteiger partial charge in [-0.3, -0.25) is 9.59 Å². The van der Waals surface area contributed by atoms with Crippen molar-refractivity contribution in [3.05, 3.63) is 0 Å². The molecule has 0 aliphatic heterocycles. The summed E-state index contributed by atoms with van der Waals surface area (Å²) in [5.74, 6) is 1.70. The zero-order chi connectivity index (χ0) is 13.0. The first-order chi connectivity index (χ1) is 8.65. The van der Waals surface area contributed by atoms with Crippen LogP contribution in [0.1, 0.15) is 51.4 Å². The molecule has 1 amide bonds. The van der Waals surface area contributed by atoms with Crippen molar-refractivity contribution in [3.63, 3.8) is 0 Å². The number of carbonyl (C=O) groups is 2. The molecule has 0 spiro atoms. The summed E-state index contributed by atoms with van der Waals surface area (Å²) in [6, 6.07) is 0. The first-order valence-electron chi connectivity index (χ1n) is 7.13. The molecule has 0 aromatic heterocycles. The fourth-order valence-corrected chi connectivity index (χ4v) is 3.57. The number of carboxylic acid groups (broad SMARTS) is 1. The molecule has 2 aliphatic rings. The summed E-state index contributed by atoms with van der Waals surface area (Å²) in [4.78, 5) is 22.1. The average Bonchev–Trinajstić information content (AvgIpc) is 2.90. The van der Waals surface area contributed by atoms with Gasteiger partial charge in [0.2, 0.25) is 5.91 Å². The largest absolute Gasteiger partial charge is 0.481 e. The van der Waals surface area contributed by atoms with Crippen molar-refractivity contribution in [3.8, 4) is 0 Å². The van der Waals surface area contributed by atoms with Gasteiger partial charge in [-0.1, -0.05) is 6.42 Å². The molecule has 0 aromatic carbocycles. The van der Waals surface area contributed by atoms with Gasteiger partial charge in [-0.2, -0.15) is 0 Å². The molecule has 2 fully saturated rings. The van der Waals surface area contributed by atoms with E-state index in [0.717, 1.165) is 18.3 Å². The van der Waals surface area contributed by atoms with E-state index in [0.29, 0.717) is 25.3 Å². The molecule has 4 nitrogen and oxygen atoms in total. The van der Waals surface area contributed by atoms with Gasteiger partial charge in [0.05, 0.1) is 0 Å². The van der Waals surface area contributed by atoms with Gasteiger partial charge in [-0.25, -0.2) is 0 Å². The number of carboxylic acids is 1. The Hall–Kier alpha value is -1.06. The van der Waals surface area contributed by atoms with Crippen LogP contribution in [0.4, 0.5) is 0 Å². The van der Waals surface area contributed by atoms with Crippen LogP contribution < -0.4 is 5.32 Å². The summed E-state index contributed by atoms with van der Waals surface area (Å²) in [5.41, 5.74) is 0. The predicted molar refractivity (Wildman–Crippen MR) is 68.1 cm³/mol. The van der Waals surface area contributed by atoms with Gasteiger partial charge in [0, 0.05) is 19.4 Å². The zero-order valence-electron chi connectivity index (χ0n) is 10.9. The minimum Gasteiger partial charge on any atom is -0.481 e. The van der Waals surface area contributed by atoms with Crippen molar-refractivity contribution in [1.29, 1.82) is 0 Å². The van der Waals surface area contributed by atoms with Gasteiger partial charge in [-0.15, -0.1) is 0 Å². The molecule has 2 aliphatic carbocycles. The van der Waals surface area contributed by atoms with Crippen LogP contribution in [0.5, 0.6) is 0 Å². The van der Waals surface area contributed by atoms with Gasteiger partial charge in [0.25, 0.3) is 0 Å². The maximum atomic E-state index is 11.7. The summed E-state index contributed by atoms with van der Waals surface area (Å²) in [5, 5.41) is 11.4. The van der Waals surface area contributed by atoms with Crippen molar-refractivity contribution in [2.45, 2.75) is 51.4 Å². The second kappa shape index (κ2) is 6.21. The smallest absolute Gasteiger partial charge is 0.303 e. The molecule has 18 heavy (non-hydrogen) atoms. The van der Waals surface area contributed by atoms with Gasteiger partial charge in [0.15, 0.2) is 0 Å². The molecule has 0 saturated heterocycles. The van der Waals surface area contributed by atoms with Gasteiger partial charge < -0.3 is 10.4 Å². The lowest BCUT2D eigenvalue weighted by Gasteiger charge is -2.20. The Bertz CT molecular complexity index is 316. The minimum absolute atomic E-state index is 0.155. The highest BCUT2D eigenvalue weighted by Crippen LogP contribution is 2.49. The Morgan fingerprint density at radius 2 is 2.00 bits per heavy atom.